The molecule has 0 fully saturated rings. The summed E-state index contributed by atoms with van der Waals surface area (Å²) >= 11 is 0. The third-order valence-electron chi connectivity index (χ3n) is 4.69. The normalized spacial score (nSPS) is 11.3. The van der Waals surface area contributed by atoms with Gasteiger partial charge in [0, 0.05) is 0 Å². The minimum absolute atomic E-state index is 0.158. The van der Waals surface area contributed by atoms with Crippen LogP contribution >= 0.6 is 0 Å². The summed E-state index contributed by atoms with van der Waals surface area (Å²) in [5, 5.41) is 19.2. The van der Waals surface area contributed by atoms with Crippen molar-refractivity contribution in [1.82, 2.24) is 0 Å². The van der Waals surface area contributed by atoms with E-state index in [4.69, 9.17) is 0 Å². The lowest BCUT2D eigenvalue weighted by Crippen LogP contribution is -2.01. The molecule has 144 valence electrons. The fourth-order valence-electron chi connectivity index (χ4n) is 3.16. The summed E-state index contributed by atoms with van der Waals surface area (Å²) in [6.45, 7) is 0. The van der Waals surface area contributed by atoms with Crippen molar-refractivity contribution in [2.24, 2.45) is 0 Å². The van der Waals surface area contributed by atoms with Crippen LogP contribution in [0.4, 0.5) is 0 Å². The molecule has 0 aliphatic heterocycles. The molecule has 0 aromatic heterocycles. The van der Waals surface area contributed by atoms with E-state index in [0.717, 1.165) is 22.3 Å². The Bertz CT molecular complexity index is 1160. The van der Waals surface area contributed by atoms with E-state index in [1.165, 1.54) is 0 Å². The van der Waals surface area contributed by atoms with Crippen molar-refractivity contribution < 1.29 is 18.6 Å². The number of phenolic OH excluding ortho intramolecular Hbond substituents is 2. The lowest BCUT2D eigenvalue weighted by Gasteiger charge is -2.08. The maximum absolute atomic E-state index is 13.0. The van der Waals surface area contributed by atoms with Crippen molar-refractivity contribution in [3.63, 3.8) is 0 Å². The van der Waals surface area contributed by atoms with E-state index in [1.54, 1.807) is 84.9 Å². The predicted octanol–water partition coefficient (Wildman–Crippen LogP) is 5.26. The van der Waals surface area contributed by atoms with Crippen LogP contribution in [0.1, 0.15) is 0 Å². The molecule has 0 bridgehead atoms. The molecule has 29 heavy (non-hydrogen) atoms. The molecule has 0 spiro atoms. The quantitative estimate of drug-likeness (QED) is 0.488. The zero-order chi connectivity index (χ0) is 20.4. The van der Waals surface area contributed by atoms with E-state index in [1.807, 2.05) is 12.1 Å². The molecule has 4 aromatic rings. The Morgan fingerprint density at radius 1 is 0.483 bits per heavy atom. The van der Waals surface area contributed by atoms with E-state index in [2.05, 4.69) is 0 Å². The lowest BCUT2D eigenvalue weighted by atomic mass is 10.1. The summed E-state index contributed by atoms with van der Waals surface area (Å²) in [6.07, 6.45) is 0. The first kappa shape index (κ1) is 18.8. The second kappa shape index (κ2) is 7.45. The fourth-order valence-corrected chi connectivity index (χ4v) is 4.42. The van der Waals surface area contributed by atoms with Crippen LogP contribution in [-0.2, 0) is 9.84 Å². The molecule has 0 saturated carbocycles. The van der Waals surface area contributed by atoms with Crippen LogP contribution < -0.4 is 0 Å². The molecular formula is C24H18O4S. The molecule has 4 nitrogen and oxygen atoms in total. The summed E-state index contributed by atoms with van der Waals surface area (Å²) in [5.74, 6) is 0.317. The Hall–Kier alpha value is -3.57. The Morgan fingerprint density at radius 2 is 0.862 bits per heavy atom. The summed E-state index contributed by atoms with van der Waals surface area (Å²) in [6, 6.07) is 26.8. The van der Waals surface area contributed by atoms with Crippen LogP contribution in [0.5, 0.6) is 11.5 Å². The maximum atomic E-state index is 13.0. The Morgan fingerprint density at radius 3 is 1.21 bits per heavy atom. The smallest absolute Gasteiger partial charge is 0.206 e. The highest BCUT2D eigenvalue weighted by molar-refractivity contribution is 7.91. The van der Waals surface area contributed by atoms with E-state index < -0.39 is 9.84 Å². The minimum Gasteiger partial charge on any atom is -0.508 e. The van der Waals surface area contributed by atoms with Crippen LogP contribution in [0.25, 0.3) is 22.3 Å². The monoisotopic (exact) mass is 402 g/mol. The molecule has 0 unspecified atom stereocenters. The third-order valence-corrected chi connectivity index (χ3v) is 6.47. The summed E-state index contributed by atoms with van der Waals surface area (Å²) in [7, 11) is -3.65. The van der Waals surface area contributed by atoms with Gasteiger partial charge in [0.2, 0.25) is 9.84 Å². The first-order valence-electron chi connectivity index (χ1n) is 8.97. The van der Waals surface area contributed by atoms with Gasteiger partial charge in [-0.2, -0.15) is 0 Å². The van der Waals surface area contributed by atoms with E-state index >= 15 is 0 Å². The Labute approximate surface area is 169 Å². The van der Waals surface area contributed by atoms with E-state index in [-0.39, 0.29) is 21.3 Å². The van der Waals surface area contributed by atoms with Gasteiger partial charge in [0.15, 0.2) is 0 Å². The van der Waals surface area contributed by atoms with Gasteiger partial charge in [-0.1, -0.05) is 48.5 Å². The fraction of sp³-hybridized carbons (Fsp3) is 0. The van der Waals surface area contributed by atoms with Gasteiger partial charge < -0.3 is 10.2 Å². The van der Waals surface area contributed by atoms with Crippen molar-refractivity contribution in [3.05, 3.63) is 97.1 Å². The van der Waals surface area contributed by atoms with Gasteiger partial charge in [-0.3, -0.25) is 0 Å². The van der Waals surface area contributed by atoms with Crippen LogP contribution in [0.2, 0.25) is 0 Å². The number of benzene rings is 4. The molecule has 0 atom stereocenters. The van der Waals surface area contributed by atoms with Gasteiger partial charge in [-0.15, -0.1) is 0 Å². The Kier molecular flexibility index (Phi) is 4.82. The molecule has 0 aliphatic carbocycles. The van der Waals surface area contributed by atoms with Crippen LogP contribution in [0, 0.1) is 0 Å². The van der Waals surface area contributed by atoms with Gasteiger partial charge in [0.05, 0.1) is 9.79 Å². The zero-order valence-electron chi connectivity index (χ0n) is 15.4. The highest BCUT2D eigenvalue weighted by Crippen LogP contribution is 2.29. The van der Waals surface area contributed by atoms with Gasteiger partial charge in [0.1, 0.15) is 11.5 Å². The molecule has 0 aliphatic rings. The van der Waals surface area contributed by atoms with Crippen molar-refractivity contribution in [3.8, 4) is 33.8 Å². The predicted molar refractivity (Wildman–Crippen MR) is 113 cm³/mol. The van der Waals surface area contributed by atoms with Crippen molar-refractivity contribution in [1.29, 1.82) is 0 Å². The molecule has 5 heteroatoms. The van der Waals surface area contributed by atoms with Crippen LogP contribution in [0.3, 0.4) is 0 Å². The standard InChI is InChI=1S/C24H18O4S/c25-21-5-1-3-19(15-21)17-7-11-23(12-8-17)29(27,28)24-13-9-18(10-14-24)20-4-2-6-22(26)16-20/h1-16,25-26H. The lowest BCUT2D eigenvalue weighted by molar-refractivity contribution is 0.475. The topological polar surface area (TPSA) is 74.6 Å². The van der Waals surface area contributed by atoms with E-state index in [9.17, 15) is 18.6 Å². The number of rotatable bonds is 4. The maximum Gasteiger partial charge on any atom is 0.206 e. The molecular weight excluding hydrogens is 384 g/mol. The second-order valence-corrected chi connectivity index (χ2v) is 8.60. The molecule has 4 aromatic carbocycles. The molecule has 0 amide bonds. The van der Waals surface area contributed by atoms with Gasteiger partial charge in [-0.05, 0) is 70.8 Å². The molecule has 2 N–H and O–H groups in total. The molecule has 0 heterocycles. The molecule has 0 saturated heterocycles. The average molecular weight is 402 g/mol. The Balaban J connectivity index is 1.63. The number of sulfone groups is 1. The van der Waals surface area contributed by atoms with Crippen molar-refractivity contribution in [2.45, 2.75) is 9.79 Å². The van der Waals surface area contributed by atoms with Crippen molar-refractivity contribution in [2.75, 3.05) is 0 Å². The highest BCUT2D eigenvalue weighted by Gasteiger charge is 2.17. The average Bonchev–Trinajstić information content (AvgIpc) is 2.74. The summed E-state index contributed by atoms with van der Waals surface area (Å²) in [5.41, 5.74) is 3.26. The van der Waals surface area contributed by atoms with Crippen molar-refractivity contribution >= 4 is 9.84 Å². The first-order chi connectivity index (χ1) is 13.9. The summed E-state index contributed by atoms with van der Waals surface area (Å²) < 4.78 is 25.9. The SMILES string of the molecule is O=S(=O)(c1ccc(-c2cccc(O)c2)cc1)c1ccc(-c2cccc(O)c2)cc1. The van der Waals surface area contributed by atoms with Crippen LogP contribution in [0.15, 0.2) is 107 Å². The number of hydrogen-bond donors (Lipinski definition) is 2. The zero-order valence-corrected chi connectivity index (χ0v) is 16.2. The third kappa shape index (κ3) is 3.86. The van der Waals surface area contributed by atoms with Gasteiger partial charge >= 0.3 is 0 Å². The second-order valence-electron chi connectivity index (χ2n) is 6.65. The number of hydrogen-bond acceptors (Lipinski definition) is 4. The first-order valence-corrected chi connectivity index (χ1v) is 10.5. The van der Waals surface area contributed by atoms with E-state index in [0.29, 0.717) is 0 Å². The van der Waals surface area contributed by atoms with Gasteiger partial charge in [-0.25, -0.2) is 8.42 Å². The minimum atomic E-state index is -3.65. The molecule has 4 rings (SSSR count). The molecule has 0 radical (unpaired) electrons. The largest absolute Gasteiger partial charge is 0.508 e. The van der Waals surface area contributed by atoms with Gasteiger partial charge in [0.25, 0.3) is 0 Å². The van der Waals surface area contributed by atoms with Crippen LogP contribution in [-0.4, -0.2) is 18.6 Å². The summed E-state index contributed by atoms with van der Waals surface area (Å²) in [4.78, 5) is 0.401. The number of aromatic hydroxyl groups is 2. The highest BCUT2D eigenvalue weighted by atomic mass is 32.2. The number of phenols is 2.